The third-order valence-electron chi connectivity index (χ3n) is 3.08. The van der Waals surface area contributed by atoms with E-state index in [1.807, 2.05) is 24.3 Å². The molecule has 2 heteroatoms. The van der Waals surface area contributed by atoms with Gasteiger partial charge in [-0.3, -0.25) is 9.59 Å². The molecule has 0 saturated heterocycles. The molecule has 2 rings (SSSR count). The van der Waals surface area contributed by atoms with Crippen LogP contribution in [0.25, 0.3) is 0 Å². The molecule has 2 aliphatic carbocycles. The van der Waals surface area contributed by atoms with E-state index in [0.717, 1.165) is 36.8 Å². The summed E-state index contributed by atoms with van der Waals surface area (Å²) < 4.78 is 0. The number of Topliss-reactive ketones (excluding diaryl/α,β-unsaturated/α-hetero) is 2. The van der Waals surface area contributed by atoms with Gasteiger partial charge in [-0.2, -0.15) is 0 Å². The van der Waals surface area contributed by atoms with Crippen LogP contribution in [0.15, 0.2) is 35.5 Å². The molecule has 2 aliphatic rings. The maximum atomic E-state index is 11.3. The van der Waals surface area contributed by atoms with Crippen LogP contribution >= 0.6 is 0 Å². The van der Waals surface area contributed by atoms with E-state index in [1.54, 1.807) is 0 Å². The molecular formula is C14H16O2. The Morgan fingerprint density at radius 2 is 1.31 bits per heavy atom. The average molecular weight is 216 g/mol. The second kappa shape index (κ2) is 5.06. The van der Waals surface area contributed by atoms with E-state index >= 15 is 0 Å². The van der Waals surface area contributed by atoms with Gasteiger partial charge in [-0.05, 0) is 36.8 Å². The van der Waals surface area contributed by atoms with Crippen molar-refractivity contribution >= 4 is 11.6 Å². The lowest BCUT2D eigenvalue weighted by Crippen LogP contribution is -1.95. The predicted octanol–water partition coefficient (Wildman–Crippen LogP) is 2.90. The Hall–Kier alpha value is -1.44. The predicted molar refractivity (Wildman–Crippen MR) is 63.0 cm³/mol. The van der Waals surface area contributed by atoms with Gasteiger partial charge in [0.1, 0.15) is 0 Å². The highest BCUT2D eigenvalue weighted by Crippen LogP contribution is 2.19. The van der Waals surface area contributed by atoms with Crippen LogP contribution in [-0.2, 0) is 9.59 Å². The third-order valence-corrected chi connectivity index (χ3v) is 3.08. The smallest absolute Gasteiger partial charge is 0.159 e. The van der Waals surface area contributed by atoms with Crippen molar-refractivity contribution in [3.8, 4) is 0 Å². The first-order chi connectivity index (χ1) is 7.77. The number of ketones is 2. The first-order valence-electron chi connectivity index (χ1n) is 5.87. The van der Waals surface area contributed by atoms with Crippen LogP contribution in [0.4, 0.5) is 0 Å². The summed E-state index contributed by atoms with van der Waals surface area (Å²) in [7, 11) is 0. The van der Waals surface area contributed by atoms with E-state index in [-0.39, 0.29) is 11.6 Å². The number of hydrogen-bond donors (Lipinski definition) is 0. The summed E-state index contributed by atoms with van der Waals surface area (Å²) in [6.07, 6.45) is 12.6. The van der Waals surface area contributed by atoms with Crippen LogP contribution in [0.3, 0.4) is 0 Å². The molecule has 2 nitrogen and oxygen atoms in total. The molecule has 84 valence electrons. The van der Waals surface area contributed by atoms with Crippen LogP contribution in [0.1, 0.15) is 38.5 Å². The zero-order valence-electron chi connectivity index (χ0n) is 9.37. The molecule has 0 aromatic rings. The normalized spacial score (nSPS) is 20.8. The van der Waals surface area contributed by atoms with Crippen molar-refractivity contribution in [3.05, 3.63) is 35.5 Å². The van der Waals surface area contributed by atoms with E-state index in [2.05, 4.69) is 0 Å². The Bertz CT molecular complexity index is 359. The zero-order chi connectivity index (χ0) is 11.4. The van der Waals surface area contributed by atoms with Gasteiger partial charge in [0, 0.05) is 12.8 Å². The Labute approximate surface area is 95.7 Å². The quantitative estimate of drug-likeness (QED) is 0.677. The van der Waals surface area contributed by atoms with Gasteiger partial charge < -0.3 is 0 Å². The minimum atomic E-state index is 0.279. The SMILES string of the molecule is O=C1CCC=C1C/C=C/CC1=CCCC1=O. The zero-order valence-corrected chi connectivity index (χ0v) is 9.37. The molecule has 0 bridgehead atoms. The molecule has 0 radical (unpaired) electrons. The standard InChI is InChI=1S/C14H16O2/c15-13-9-3-7-11(13)5-1-2-6-12-8-4-10-14(12)16/h1-2,7-8H,3-6,9-10H2/b2-1+. The second-order valence-electron chi connectivity index (χ2n) is 4.26. The van der Waals surface area contributed by atoms with Crippen molar-refractivity contribution in [1.29, 1.82) is 0 Å². The summed E-state index contributed by atoms with van der Waals surface area (Å²) in [4.78, 5) is 22.6. The Morgan fingerprint density at radius 1 is 0.875 bits per heavy atom. The van der Waals surface area contributed by atoms with Gasteiger partial charge in [0.25, 0.3) is 0 Å². The minimum Gasteiger partial charge on any atom is -0.295 e. The molecule has 0 spiro atoms. The summed E-state index contributed by atoms with van der Waals surface area (Å²) in [6, 6.07) is 0. The topological polar surface area (TPSA) is 34.1 Å². The molecule has 0 heterocycles. The van der Waals surface area contributed by atoms with Crippen molar-refractivity contribution < 1.29 is 9.59 Å². The number of carbonyl (C=O) groups excluding carboxylic acids is 2. The molecule has 0 amide bonds. The molecule has 0 aromatic carbocycles. The molecule has 16 heavy (non-hydrogen) atoms. The fraction of sp³-hybridized carbons (Fsp3) is 0.429. The lowest BCUT2D eigenvalue weighted by atomic mass is 10.1. The maximum absolute atomic E-state index is 11.3. The van der Waals surface area contributed by atoms with E-state index < -0.39 is 0 Å². The van der Waals surface area contributed by atoms with Crippen molar-refractivity contribution in [1.82, 2.24) is 0 Å². The Morgan fingerprint density at radius 3 is 1.62 bits per heavy atom. The van der Waals surface area contributed by atoms with Gasteiger partial charge in [0.15, 0.2) is 11.6 Å². The van der Waals surface area contributed by atoms with Gasteiger partial charge in [-0.25, -0.2) is 0 Å². The first kappa shape index (κ1) is 11.1. The van der Waals surface area contributed by atoms with Gasteiger partial charge in [0.2, 0.25) is 0 Å². The fourth-order valence-corrected chi connectivity index (χ4v) is 2.12. The molecule has 0 saturated carbocycles. The van der Waals surface area contributed by atoms with Crippen molar-refractivity contribution in [2.45, 2.75) is 38.5 Å². The Kier molecular flexibility index (Phi) is 3.50. The number of allylic oxidation sites excluding steroid dienone is 6. The molecule has 0 unspecified atom stereocenters. The van der Waals surface area contributed by atoms with Crippen LogP contribution in [0.2, 0.25) is 0 Å². The summed E-state index contributed by atoms with van der Waals surface area (Å²) in [6.45, 7) is 0. The number of rotatable bonds is 4. The molecule has 0 N–H and O–H groups in total. The van der Waals surface area contributed by atoms with Crippen LogP contribution < -0.4 is 0 Å². The van der Waals surface area contributed by atoms with Crippen LogP contribution in [0.5, 0.6) is 0 Å². The molecule has 0 aromatic heterocycles. The van der Waals surface area contributed by atoms with E-state index in [9.17, 15) is 9.59 Å². The minimum absolute atomic E-state index is 0.279. The summed E-state index contributed by atoms with van der Waals surface area (Å²) >= 11 is 0. The van der Waals surface area contributed by atoms with E-state index in [0.29, 0.717) is 12.8 Å². The highest BCUT2D eigenvalue weighted by atomic mass is 16.1. The molecule has 0 aliphatic heterocycles. The average Bonchev–Trinajstić information content (AvgIpc) is 2.84. The fourth-order valence-electron chi connectivity index (χ4n) is 2.12. The summed E-state index contributed by atoms with van der Waals surface area (Å²) in [5.74, 6) is 0.557. The maximum Gasteiger partial charge on any atom is 0.159 e. The monoisotopic (exact) mass is 216 g/mol. The van der Waals surface area contributed by atoms with Gasteiger partial charge in [-0.15, -0.1) is 0 Å². The third kappa shape index (κ3) is 2.57. The molecule has 0 atom stereocenters. The van der Waals surface area contributed by atoms with Crippen LogP contribution in [0, 0.1) is 0 Å². The van der Waals surface area contributed by atoms with Gasteiger partial charge in [-0.1, -0.05) is 24.3 Å². The van der Waals surface area contributed by atoms with Crippen LogP contribution in [-0.4, -0.2) is 11.6 Å². The van der Waals surface area contributed by atoms with E-state index in [1.165, 1.54) is 0 Å². The number of hydrogen-bond acceptors (Lipinski definition) is 2. The lowest BCUT2D eigenvalue weighted by molar-refractivity contribution is -0.115. The molecular weight excluding hydrogens is 200 g/mol. The largest absolute Gasteiger partial charge is 0.295 e. The Balaban J connectivity index is 1.78. The summed E-state index contributed by atoms with van der Waals surface area (Å²) in [5.41, 5.74) is 1.87. The highest BCUT2D eigenvalue weighted by molar-refractivity contribution is 5.98. The number of carbonyl (C=O) groups is 2. The summed E-state index contributed by atoms with van der Waals surface area (Å²) in [5, 5.41) is 0. The molecule has 0 fully saturated rings. The second-order valence-corrected chi connectivity index (χ2v) is 4.26. The van der Waals surface area contributed by atoms with Crippen molar-refractivity contribution in [2.75, 3.05) is 0 Å². The highest BCUT2D eigenvalue weighted by Gasteiger charge is 2.14. The van der Waals surface area contributed by atoms with E-state index in [4.69, 9.17) is 0 Å². The lowest BCUT2D eigenvalue weighted by Gasteiger charge is -1.95. The van der Waals surface area contributed by atoms with Gasteiger partial charge >= 0.3 is 0 Å². The first-order valence-corrected chi connectivity index (χ1v) is 5.87. The van der Waals surface area contributed by atoms with Crippen molar-refractivity contribution in [2.24, 2.45) is 0 Å². The van der Waals surface area contributed by atoms with Gasteiger partial charge in [0.05, 0.1) is 0 Å². The van der Waals surface area contributed by atoms with Crippen molar-refractivity contribution in [3.63, 3.8) is 0 Å².